The van der Waals surface area contributed by atoms with Crippen LogP contribution in [-0.2, 0) is 9.53 Å². The fraction of sp³-hybridized carbons (Fsp3) is 0.824. The summed E-state index contributed by atoms with van der Waals surface area (Å²) in [5.41, 5.74) is 0. The van der Waals surface area contributed by atoms with E-state index in [0.29, 0.717) is 12.5 Å². The molecule has 2 saturated heterocycles. The fourth-order valence-corrected chi connectivity index (χ4v) is 3.33. The van der Waals surface area contributed by atoms with Crippen LogP contribution in [0.25, 0.3) is 0 Å². The smallest absolute Gasteiger partial charge is 0.251 e. The van der Waals surface area contributed by atoms with E-state index in [1.54, 1.807) is 0 Å². The zero-order valence-corrected chi connectivity index (χ0v) is 14.9. The Hall–Kier alpha value is -1.47. The Morgan fingerprint density at radius 2 is 2.00 bits per heavy atom. The molecule has 2 atom stereocenters. The van der Waals surface area contributed by atoms with E-state index in [4.69, 9.17) is 9.26 Å². The Bertz CT molecular complexity index is 554. The minimum Gasteiger partial charge on any atom is -0.368 e. The van der Waals surface area contributed by atoms with Gasteiger partial charge in [-0.2, -0.15) is 4.98 Å². The number of carbonyl (C=O) groups excluding carboxylic acids is 1. The Labute approximate surface area is 143 Å². The first-order chi connectivity index (χ1) is 11.6. The highest BCUT2D eigenvalue weighted by Gasteiger charge is 2.31. The third-order valence-corrected chi connectivity index (χ3v) is 4.93. The van der Waals surface area contributed by atoms with Crippen molar-refractivity contribution in [1.82, 2.24) is 19.9 Å². The molecule has 2 fully saturated rings. The number of rotatable bonds is 4. The highest BCUT2D eigenvalue weighted by Crippen LogP contribution is 2.23. The number of carbonyl (C=O) groups is 1. The van der Waals surface area contributed by atoms with Crippen LogP contribution in [0.3, 0.4) is 0 Å². The number of ether oxygens (including phenoxy) is 1. The molecule has 0 spiro atoms. The molecule has 1 aromatic heterocycles. The maximum absolute atomic E-state index is 12.5. The van der Waals surface area contributed by atoms with Crippen LogP contribution in [0.5, 0.6) is 0 Å². The van der Waals surface area contributed by atoms with Gasteiger partial charge >= 0.3 is 0 Å². The molecule has 0 radical (unpaired) electrons. The lowest BCUT2D eigenvalue weighted by Gasteiger charge is -2.26. The monoisotopic (exact) mass is 336 g/mol. The predicted molar refractivity (Wildman–Crippen MR) is 88.5 cm³/mol. The molecule has 24 heavy (non-hydrogen) atoms. The van der Waals surface area contributed by atoms with Crippen LogP contribution in [-0.4, -0.2) is 64.7 Å². The normalized spacial score (nSPS) is 24.3. The van der Waals surface area contributed by atoms with Crippen molar-refractivity contribution < 1.29 is 14.1 Å². The molecule has 0 bridgehead atoms. The standard InChI is InChI=1S/C17H28N4O3/c1-12(2)15-18-16(24-19-15)13(3)20-7-5-8-21(10-9-20)17(22)14-6-4-11-23-14/h12-14H,4-11H2,1-3H3/t13-,14-/m1/s1. The van der Waals surface area contributed by atoms with E-state index in [1.165, 1.54) is 0 Å². The molecule has 134 valence electrons. The van der Waals surface area contributed by atoms with Crippen LogP contribution < -0.4 is 0 Å². The average molecular weight is 336 g/mol. The third kappa shape index (κ3) is 3.78. The van der Waals surface area contributed by atoms with Gasteiger partial charge in [-0.1, -0.05) is 19.0 Å². The summed E-state index contributed by atoms with van der Waals surface area (Å²) in [6, 6.07) is 0.0720. The summed E-state index contributed by atoms with van der Waals surface area (Å²) in [4.78, 5) is 21.3. The molecule has 0 aliphatic carbocycles. The lowest BCUT2D eigenvalue weighted by molar-refractivity contribution is -0.140. The van der Waals surface area contributed by atoms with E-state index >= 15 is 0 Å². The molecule has 3 heterocycles. The van der Waals surface area contributed by atoms with E-state index in [0.717, 1.165) is 51.3 Å². The number of nitrogens with zero attached hydrogens (tertiary/aromatic N) is 4. The lowest BCUT2D eigenvalue weighted by Crippen LogP contribution is -2.41. The zero-order valence-electron chi connectivity index (χ0n) is 14.9. The van der Waals surface area contributed by atoms with E-state index in [2.05, 4.69) is 35.8 Å². The SMILES string of the molecule is CC(C)c1noc([C@@H](C)N2CCCN(C(=O)[C@H]3CCCO3)CC2)n1. The molecule has 1 aromatic rings. The second-order valence-electron chi connectivity index (χ2n) is 7.04. The maximum Gasteiger partial charge on any atom is 0.251 e. The highest BCUT2D eigenvalue weighted by molar-refractivity contribution is 5.81. The van der Waals surface area contributed by atoms with E-state index in [-0.39, 0.29) is 24.0 Å². The first kappa shape index (κ1) is 17.4. The summed E-state index contributed by atoms with van der Waals surface area (Å²) in [5, 5.41) is 4.06. The minimum atomic E-state index is -0.224. The molecule has 0 N–H and O–H groups in total. The van der Waals surface area contributed by atoms with Crippen molar-refractivity contribution in [2.45, 2.75) is 58.1 Å². The van der Waals surface area contributed by atoms with Crippen molar-refractivity contribution >= 4 is 5.91 Å². The maximum atomic E-state index is 12.5. The Balaban J connectivity index is 1.58. The van der Waals surface area contributed by atoms with Gasteiger partial charge in [0.2, 0.25) is 5.89 Å². The molecule has 2 aliphatic rings. The van der Waals surface area contributed by atoms with Crippen LogP contribution in [0, 0.1) is 0 Å². The topological polar surface area (TPSA) is 71.7 Å². The molecule has 1 amide bonds. The second kappa shape index (κ2) is 7.61. The summed E-state index contributed by atoms with van der Waals surface area (Å²) in [7, 11) is 0. The molecule has 7 nitrogen and oxygen atoms in total. The van der Waals surface area contributed by atoms with Gasteiger partial charge in [0.05, 0.1) is 6.04 Å². The molecular weight excluding hydrogens is 308 g/mol. The molecular formula is C17H28N4O3. The molecule has 0 aromatic carbocycles. The largest absolute Gasteiger partial charge is 0.368 e. The number of aromatic nitrogens is 2. The van der Waals surface area contributed by atoms with Crippen LogP contribution in [0.4, 0.5) is 0 Å². The minimum absolute atomic E-state index is 0.0720. The second-order valence-corrected chi connectivity index (χ2v) is 7.04. The van der Waals surface area contributed by atoms with Crippen LogP contribution >= 0.6 is 0 Å². The quantitative estimate of drug-likeness (QED) is 0.837. The van der Waals surface area contributed by atoms with Gasteiger partial charge in [-0.05, 0) is 26.2 Å². The van der Waals surface area contributed by atoms with Gasteiger partial charge in [0.15, 0.2) is 5.82 Å². The average Bonchev–Trinajstić information content (AvgIpc) is 3.21. The van der Waals surface area contributed by atoms with Crippen LogP contribution in [0.2, 0.25) is 0 Å². The van der Waals surface area contributed by atoms with E-state index in [9.17, 15) is 4.79 Å². The zero-order chi connectivity index (χ0) is 17.1. The molecule has 2 aliphatic heterocycles. The van der Waals surface area contributed by atoms with Gasteiger partial charge in [-0.3, -0.25) is 9.69 Å². The van der Waals surface area contributed by atoms with Gasteiger partial charge in [-0.15, -0.1) is 0 Å². The van der Waals surface area contributed by atoms with Crippen molar-refractivity contribution in [2.75, 3.05) is 32.8 Å². The first-order valence-corrected chi connectivity index (χ1v) is 9.04. The first-order valence-electron chi connectivity index (χ1n) is 9.04. The molecule has 7 heteroatoms. The van der Waals surface area contributed by atoms with Gasteiger partial charge in [0.1, 0.15) is 6.10 Å². The molecule has 3 rings (SSSR count). The fourth-order valence-electron chi connectivity index (χ4n) is 3.33. The van der Waals surface area contributed by atoms with Crippen LogP contribution in [0.1, 0.15) is 63.7 Å². The van der Waals surface area contributed by atoms with Crippen LogP contribution in [0.15, 0.2) is 4.52 Å². The Morgan fingerprint density at radius 1 is 1.17 bits per heavy atom. The van der Waals surface area contributed by atoms with E-state index < -0.39 is 0 Å². The van der Waals surface area contributed by atoms with Crippen molar-refractivity contribution in [2.24, 2.45) is 0 Å². The van der Waals surface area contributed by atoms with Gasteiger partial charge in [0, 0.05) is 38.7 Å². The number of amides is 1. The van der Waals surface area contributed by atoms with Gasteiger partial charge in [0.25, 0.3) is 5.91 Å². The summed E-state index contributed by atoms with van der Waals surface area (Å²) in [6.45, 7) is 10.2. The van der Waals surface area contributed by atoms with Crippen molar-refractivity contribution in [3.05, 3.63) is 11.7 Å². The highest BCUT2D eigenvalue weighted by atomic mass is 16.5. The summed E-state index contributed by atoms with van der Waals surface area (Å²) >= 11 is 0. The summed E-state index contributed by atoms with van der Waals surface area (Å²) in [6.07, 6.45) is 2.57. The Kier molecular flexibility index (Phi) is 5.50. The van der Waals surface area contributed by atoms with Gasteiger partial charge in [-0.25, -0.2) is 0 Å². The third-order valence-electron chi connectivity index (χ3n) is 4.93. The number of hydrogen-bond acceptors (Lipinski definition) is 6. The van der Waals surface area contributed by atoms with Crippen molar-refractivity contribution in [3.63, 3.8) is 0 Å². The molecule has 0 saturated carbocycles. The van der Waals surface area contributed by atoms with Gasteiger partial charge < -0.3 is 14.2 Å². The number of hydrogen-bond donors (Lipinski definition) is 0. The summed E-state index contributed by atoms with van der Waals surface area (Å²) in [5.74, 6) is 1.83. The predicted octanol–water partition coefficient (Wildman–Crippen LogP) is 1.97. The summed E-state index contributed by atoms with van der Waals surface area (Å²) < 4.78 is 11.0. The van der Waals surface area contributed by atoms with Crippen molar-refractivity contribution in [3.8, 4) is 0 Å². The Morgan fingerprint density at radius 3 is 2.67 bits per heavy atom. The molecule has 0 unspecified atom stereocenters. The van der Waals surface area contributed by atoms with E-state index in [1.807, 2.05) is 4.90 Å². The van der Waals surface area contributed by atoms with Crippen molar-refractivity contribution in [1.29, 1.82) is 0 Å². The lowest BCUT2D eigenvalue weighted by atomic mass is 10.2.